The lowest BCUT2D eigenvalue weighted by molar-refractivity contribution is -0.161. The van der Waals surface area contributed by atoms with Gasteiger partial charge in [0.05, 0.1) is 26.4 Å². The Morgan fingerprint density at radius 2 is 0.529 bits per heavy atom. The van der Waals surface area contributed by atoms with Gasteiger partial charge in [0, 0.05) is 25.7 Å². The van der Waals surface area contributed by atoms with Crippen molar-refractivity contribution >= 4 is 39.5 Å². The second kappa shape index (κ2) is 61.6. The standard InChI is InChI=1S/C68H132O17P2/c1-6-9-12-15-18-21-23-24-25-26-27-28-34-39-44-49-54-68(73)85-64(58-79-66(71)52-47-42-37-33-30-29-31-35-40-45-50-61(4)5)60-83-87(76,77)81-56-62(69)55-80-86(74,75)82-59-63(57-78-65(70)51-46-41-36-20-17-14-11-8-3)84-67(72)53-48-43-38-32-22-19-16-13-10-7-2/h61-64,69H,6-60H2,1-5H3,(H,74,75)(H,76,77)/t62-,63+,64+/m0/s1. The van der Waals surface area contributed by atoms with Gasteiger partial charge in [-0.25, -0.2) is 9.13 Å². The van der Waals surface area contributed by atoms with Crippen LogP contribution in [0.5, 0.6) is 0 Å². The van der Waals surface area contributed by atoms with Gasteiger partial charge < -0.3 is 33.8 Å². The number of carbonyl (C=O) groups is 4. The van der Waals surface area contributed by atoms with Crippen LogP contribution >= 0.6 is 15.6 Å². The summed E-state index contributed by atoms with van der Waals surface area (Å²) in [4.78, 5) is 72.3. The monoisotopic (exact) mass is 1280 g/mol. The first-order valence-corrected chi connectivity index (χ1v) is 38.6. The molecule has 0 amide bonds. The Kier molecular flexibility index (Phi) is 60.2. The normalized spacial score (nSPS) is 14.1. The Morgan fingerprint density at radius 1 is 0.310 bits per heavy atom. The number of unbranched alkanes of at least 4 members (excludes halogenated alkanes) is 40. The number of carbonyl (C=O) groups excluding carboxylic acids is 4. The highest BCUT2D eigenvalue weighted by molar-refractivity contribution is 7.47. The Balaban J connectivity index is 5.21. The molecule has 0 bridgehead atoms. The largest absolute Gasteiger partial charge is 0.472 e. The van der Waals surface area contributed by atoms with Gasteiger partial charge in [0.15, 0.2) is 12.2 Å². The molecule has 5 atom stereocenters. The van der Waals surface area contributed by atoms with Gasteiger partial charge in [-0.1, -0.05) is 298 Å². The Bertz CT molecular complexity index is 1690. The lowest BCUT2D eigenvalue weighted by Gasteiger charge is -2.21. The number of hydrogen-bond acceptors (Lipinski definition) is 15. The fourth-order valence-corrected chi connectivity index (χ4v) is 11.9. The molecule has 17 nitrogen and oxygen atoms in total. The van der Waals surface area contributed by atoms with Gasteiger partial charge in [-0.15, -0.1) is 0 Å². The zero-order valence-corrected chi connectivity index (χ0v) is 57.9. The fourth-order valence-electron chi connectivity index (χ4n) is 10.3. The molecular weight excluding hydrogens is 1150 g/mol. The van der Waals surface area contributed by atoms with Crippen LogP contribution < -0.4 is 0 Å². The average molecular weight is 1280 g/mol. The Labute approximate surface area is 530 Å². The molecule has 0 aliphatic carbocycles. The van der Waals surface area contributed by atoms with Gasteiger partial charge in [0.2, 0.25) is 0 Å². The molecule has 0 radical (unpaired) electrons. The minimum atomic E-state index is -4.95. The molecule has 0 saturated heterocycles. The molecule has 0 aromatic carbocycles. The van der Waals surface area contributed by atoms with E-state index >= 15 is 0 Å². The SMILES string of the molecule is CCCCCCCCCCCCCCCCCCC(=O)O[C@H](COC(=O)CCCCCCCCCCCCC(C)C)COP(=O)(O)OC[C@@H](O)COP(=O)(O)OC[C@@H](COC(=O)CCCCCCCCCC)OC(=O)CCCCCCCCCCCC. The van der Waals surface area contributed by atoms with Crippen molar-refractivity contribution in [2.24, 2.45) is 5.92 Å². The van der Waals surface area contributed by atoms with Crippen molar-refractivity contribution < 1.29 is 80.2 Å². The highest BCUT2D eigenvalue weighted by Crippen LogP contribution is 2.45. The van der Waals surface area contributed by atoms with Crippen LogP contribution in [0.3, 0.4) is 0 Å². The van der Waals surface area contributed by atoms with Crippen molar-refractivity contribution in [3.63, 3.8) is 0 Å². The van der Waals surface area contributed by atoms with Crippen molar-refractivity contribution in [1.82, 2.24) is 0 Å². The van der Waals surface area contributed by atoms with Crippen LogP contribution in [0.1, 0.15) is 349 Å². The number of phosphoric ester groups is 2. The molecule has 87 heavy (non-hydrogen) atoms. The van der Waals surface area contributed by atoms with Crippen molar-refractivity contribution in [2.45, 2.75) is 368 Å². The first-order chi connectivity index (χ1) is 42.0. The Hall–Kier alpha value is -1.94. The van der Waals surface area contributed by atoms with E-state index in [0.29, 0.717) is 25.7 Å². The summed E-state index contributed by atoms with van der Waals surface area (Å²) in [6.45, 7) is 7.19. The fraction of sp³-hybridized carbons (Fsp3) is 0.941. The first-order valence-electron chi connectivity index (χ1n) is 35.6. The molecule has 0 spiro atoms. The number of phosphoric acid groups is 2. The maximum absolute atomic E-state index is 13.0. The van der Waals surface area contributed by atoms with Crippen molar-refractivity contribution in [1.29, 1.82) is 0 Å². The van der Waals surface area contributed by atoms with Crippen LogP contribution in [0, 0.1) is 5.92 Å². The molecule has 0 aliphatic heterocycles. The number of esters is 4. The highest BCUT2D eigenvalue weighted by Gasteiger charge is 2.30. The van der Waals surface area contributed by atoms with E-state index in [9.17, 15) is 43.2 Å². The van der Waals surface area contributed by atoms with Crippen LogP contribution in [-0.2, 0) is 65.4 Å². The van der Waals surface area contributed by atoms with Gasteiger partial charge in [0.25, 0.3) is 0 Å². The predicted octanol–water partition coefficient (Wildman–Crippen LogP) is 19.4. The van der Waals surface area contributed by atoms with Gasteiger partial charge in [-0.05, 0) is 31.6 Å². The average Bonchev–Trinajstić information content (AvgIpc) is 3.65. The van der Waals surface area contributed by atoms with E-state index in [1.807, 2.05) is 0 Å². The Morgan fingerprint density at radius 3 is 0.782 bits per heavy atom. The van der Waals surface area contributed by atoms with Crippen molar-refractivity contribution in [3.8, 4) is 0 Å². The molecule has 0 fully saturated rings. The smallest absolute Gasteiger partial charge is 0.462 e. The summed E-state index contributed by atoms with van der Waals surface area (Å²) < 4.78 is 68.1. The van der Waals surface area contributed by atoms with Crippen LogP contribution in [0.4, 0.5) is 0 Å². The maximum atomic E-state index is 13.0. The molecule has 0 saturated carbocycles. The van der Waals surface area contributed by atoms with Crippen LogP contribution in [0.15, 0.2) is 0 Å². The molecule has 0 aliphatic rings. The van der Waals surface area contributed by atoms with E-state index in [2.05, 4.69) is 34.6 Å². The summed E-state index contributed by atoms with van der Waals surface area (Å²) in [6.07, 6.45) is 47.2. The quantitative estimate of drug-likeness (QED) is 0.0222. The third kappa shape index (κ3) is 62.6. The van der Waals surface area contributed by atoms with E-state index < -0.39 is 97.5 Å². The number of rotatable bonds is 68. The van der Waals surface area contributed by atoms with Crippen LogP contribution in [-0.4, -0.2) is 96.7 Å². The lowest BCUT2D eigenvalue weighted by Crippen LogP contribution is -2.30. The minimum Gasteiger partial charge on any atom is -0.462 e. The molecule has 516 valence electrons. The van der Waals surface area contributed by atoms with Crippen LogP contribution in [0.2, 0.25) is 0 Å². The molecule has 0 heterocycles. The van der Waals surface area contributed by atoms with E-state index in [0.717, 1.165) is 102 Å². The molecule has 3 N–H and O–H groups in total. The third-order valence-corrected chi connectivity index (χ3v) is 17.7. The highest BCUT2D eigenvalue weighted by atomic mass is 31.2. The number of aliphatic hydroxyl groups is 1. The number of aliphatic hydroxyl groups excluding tert-OH is 1. The second-order valence-electron chi connectivity index (χ2n) is 25.0. The van der Waals surface area contributed by atoms with Gasteiger partial charge in [0.1, 0.15) is 19.3 Å². The van der Waals surface area contributed by atoms with E-state index in [4.69, 9.17) is 37.0 Å². The second-order valence-corrected chi connectivity index (χ2v) is 27.9. The van der Waals surface area contributed by atoms with E-state index in [-0.39, 0.29) is 25.7 Å². The zero-order chi connectivity index (χ0) is 64.2. The number of ether oxygens (including phenoxy) is 4. The molecule has 2 unspecified atom stereocenters. The van der Waals surface area contributed by atoms with Gasteiger partial charge in [-0.3, -0.25) is 37.3 Å². The van der Waals surface area contributed by atoms with E-state index in [1.165, 1.54) is 167 Å². The zero-order valence-electron chi connectivity index (χ0n) is 56.2. The third-order valence-electron chi connectivity index (χ3n) is 15.8. The molecule has 0 rings (SSSR count). The van der Waals surface area contributed by atoms with E-state index in [1.54, 1.807) is 0 Å². The van der Waals surface area contributed by atoms with Crippen molar-refractivity contribution in [3.05, 3.63) is 0 Å². The molecule has 19 heteroatoms. The van der Waals surface area contributed by atoms with Crippen molar-refractivity contribution in [2.75, 3.05) is 39.6 Å². The summed E-state index contributed by atoms with van der Waals surface area (Å²) in [6, 6.07) is 0. The summed E-state index contributed by atoms with van der Waals surface area (Å²) >= 11 is 0. The lowest BCUT2D eigenvalue weighted by atomic mass is 10.0. The predicted molar refractivity (Wildman–Crippen MR) is 349 cm³/mol. The maximum Gasteiger partial charge on any atom is 0.472 e. The van der Waals surface area contributed by atoms with Crippen LogP contribution in [0.25, 0.3) is 0 Å². The van der Waals surface area contributed by atoms with Gasteiger partial charge in [-0.2, -0.15) is 0 Å². The van der Waals surface area contributed by atoms with Gasteiger partial charge >= 0.3 is 39.5 Å². The summed E-state index contributed by atoms with van der Waals surface area (Å²) in [7, 11) is -9.89. The summed E-state index contributed by atoms with van der Waals surface area (Å²) in [5, 5.41) is 10.6. The molecule has 0 aromatic rings. The topological polar surface area (TPSA) is 237 Å². The minimum absolute atomic E-state index is 0.106. The first kappa shape index (κ1) is 85.1. The molecular formula is C68H132O17P2. The molecule has 0 aromatic heterocycles. The number of hydrogen-bond donors (Lipinski definition) is 3. The summed E-state index contributed by atoms with van der Waals surface area (Å²) in [5.41, 5.74) is 0. The summed E-state index contributed by atoms with van der Waals surface area (Å²) in [5.74, 6) is -1.37.